The van der Waals surface area contributed by atoms with Gasteiger partial charge in [-0.1, -0.05) is 36.8 Å². The van der Waals surface area contributed by atoms with E-state index in [-0.39, 0.29) is 0 Å². The van der Waals surface area contributed by atoms with Gasteiger partial charge in [-0.25, -0.2) is 0 Å². The number of benzene rings is 1. The molecule has 3 atom stereocenters. The van der Waals surface area contributed by atoms with Gasteiger partial charge in [-0.3, -0.25) is 9.69 Å². The topological polar surface area (TPSA) is 38.8 Å². The van der Waals surface area contributed by atoms with Gasteiger partial charge in [-0.15, -0.1) is 0 Å². The Hall–Kier alpha value is -1.43. The quantitative estimate of drug-likeness (QED) is 0.684. The van der Waals surface area contributed by atoms with Gasteiger partial charge in [0, 0.05) is 51.2 Å². The van der Waals surface area contributed by atoms with Crippen LogP contribution in [-0.2, 0) is 11.3 Å². The van der Waals surface area contributed by atoms with Crippen molar-refractivity contribution in [1.29, 1.82) is 0 Å². The van der Waals surface area contributed by atoms with Crippen molar-refractivity contribution in [1.82, 2.24) is 20.0 Å². The molecule has 0 spiro atoms. The summed E-state index contributed by atoms with van der Waals surface area (Å²) >= 11 is 0. The number of piperidine rings is 4. The lowest BCUT2D eigenvalue weighted by Crippen LogP contribution is -2.55. The van der Waals surface area contributed by atoms with Crippen LogP contribution in [0.3, 0.4) is 0 Å². The van der Waals surface area contributed by atoms with Crippen LogP contribution < -0.4 is 5.32 Å². The Morgan fingerprint density at radius 2 is 1.76 bits per heavy atom. The number of carbonyl (C=O) groups is 1. The fraction of sp³-hybridized carbons (Fsp3) is 0.750. The van der Waals surface area contributed by atoms with Crippen LogP contribution in [0.2, 0.25) is 0 Å². The number of nitrogens with one attached hydrogen (secondary N) is 1. The van der Waals surface area contributed by atoms with E-state index in [1.807, 2.05) is 0 Å². The summed E-state index contributed by atoms with van der Waals surface area (Å²) in [5.41, 5.74) is 1.43. The van der Waals surface area contributed by atoms with Crippen LogP contribution in [0, 0.1) is 11.8 Å². The van der Waals surface area contributed by atoms with Crippen molar-refractivity contribution in [3.8, 4) is 0 Å². The average molecular weight is 453 g/mol. The molecule has 4 heterocycles. The second-order valence-electron chi connectivity index (χ2n) is 11.2. The summed E-state index contributed by atoms with van der Waals surface area (Å²) in [5.74, 6) is 1.92. The Bertz CT molecular complexity index is 742. The molecule has 0 radical (unpaired) electrons. The summed E-state index contributed by atoms with van der Waals surface area (Å²) < 4.78 is 0. The standard InChI is InChI=1S/C28H44N4O/c33-28(32-16-12-26(13-17-32)31-14-5-2-6-15-31)11-7-10-27-25-18-24(19-29-27)21-30(22-25)20-23-8-3-1-4-9-23/h1,3-4,8-9,24-27,29H,2,5-7,10-22H2/t24-,25?,27+/m0/s1. The second-order valence-corrected chi connectivity index (χ2v) is 11.2. The van der Waals surface area contributed by atoms with E-state index in [0.29, 0.717) is 11.9 Å². The van der Waals surface area contributed by atoms with Gasteiger partial charge in [0.05, 0.1) is 0 Å². The van der Waals surface area contributed by atoms with Crippen molar-refractivity contribution in [3.63, 3.8) is 0 Å². The molecular weight excluding hydrogens is 408 g/mol. The molecule has 1 N–H and O–H groups in total. The zero-order valence-electron chi connectivity index (χ0n) is 20.5. The summed E-state index contributed by atoms with van der Waals surface area (Å²) in [6.07, 6.45) is 10.7. The third-order valence-electron chi connectivity index (χ3n) is 8.76. The minimum absolute atomic E-state index is 0.398. The molecule has 1 unspecified atom stereocenters. The molecular formula is C28H44N4O. The van der Waals surface area contributed by atoms with Crippen LogP contribution in [0.1, 0.15) is 63.4 Å². The average Bonchev–Trinajstić information content (AvgIpc) is 2.86. The van der Waals surface area contributed by atoms with Gasteiger partial charge in [0.15, 0.2) is 0 Å². The lowest BCUT2D eigenvalue weighted by atomic mass is 9.79. The number of likely N-dealkylation sites (tertiary alicyclic amines) is 3. The molecule has 5 rings (SSSR count). The molecule has 1 aromatic carbocycles. The van der Waals surface area contributed by atoms with Gasteiger partial charge in [0.1, 0.15) is 0 Å². The highest BCUT2D eigenvalue weighted by Gasteiger charge is 2.36. The number of carbonyl (C=O) groups excluding carboxylic acids is 1. The Morgan fingerprint density at radius 3 is 2.55 bits per heavy atom. The van der Waals surface area contributed by atoms with Crippen molar-refractivity contribution in [2.75, 3.05) is 45.8 Å². The molecule has 0 aromatic heterocycles. The highest BCUT2D eigenvalue weighted by atomic mass is 16.2. The fourth-order valence-corrected chi connectivity index (χ4v) is 6.98. The van der Waals surface area contributed by atoms with E-state index in [1.54, 1.807) is 0 Å². The molecule has 4 aliphatic heterocycles. The molecule has 4 fully saturated rings. The van der Waals surface area contributed by atoms with Crippen molar-refractivity contribution >= 4 is 5.91 Å². The number of nitrogens with zero attached hydrogens (tertiary/aromatic N) is 3. The summed E-state index contributed by atoms with van der Waals surface area (Å²) in [6.45, 7) is 9.13. The van der Waals surface area contributed by atoms with E-state index in [0.717, 1.165) is 63.3 Å². The minimum Gasteiger partial charge on any atom is -0.343 e. The van der Waals surface area contributed by atoms with Crippen LogP contribution in [0.25, 0.3) is 0 Å². The number of amides is 1. The van der Waals surface area contributed by atoms with Gasteiger partial charge in [-0.2, -0.15) is 0 Å². The zero-order valence-corrected chi connectivity index (χ0v) is 20.5. The van der Waals surface area contributed by atoms with E-state index < -0.39 is 0 Å². The van der Waals surface area contributed by atoms with Crippen molar-refractivity contribution < 1.29 is 4.79 Å². The molecule has 33 heavy (non-hydrogen) atoms. The van der Waals surface area contributed by atoms with E-state index in [4.69, 9.17) is 0 Å². The van der Waals surface area contributed by atoms with Crippen molar-refractivity contribution in [2.45, 2.75) is 76.4 Å². The van der Waals surface area contributed by atoms with E-state index in [9.17, 15) is 4.79 Å². The van der Waals surface area contributed by atoms with Crippen LogP contribution >= 0.6 is 0 Å². The zero-order chi connectivity index (χ0) is 22.5. The van der Waals surface area contributed by atoms with E-state index >= 15 is 0 Å². The first kappa shape index (κ1) is 23.3. The molecule has 1 aromatic rings. The van der Waals surface area contributed by atoms with Crippen LogP contribution in [-0.4, -0.2) is 78.5 Å². The van der Waals surface area contributed by atoms with Gasteiger partial charge in [-0.05, 0) is 82.0 Å². The second kappa shape index (κ2) is 11.3. The molecule has 0 saturated carbocycles. The number of hydrogen-bond acceptors (Lipinski definition) is 4. The molecule has 2 bridgehead atoms. The van der Waals surface area contributed by atoms with E-state index in [1.165, 1.54) is 70.3 Å². The summed E-state index contributed by atoms with van der Waals surface area (Å²) in [4.78, 5) is 20.4. The first-order valence-corrected chi connectivity index (χ1v) is 13.8. The number of hydrogen-bond donors (Lipinski definition) is 1. The largest absolute Gasteiger partial charge is 0.343 e. The third-order valence-corrected chi connectivity index (χ3v) is 8.76. The maximum absolute atomic E-state index is 12.9. The molecule has 4 saturated heterocycles. The molecule has 5 heteroatoms. The number of rotatable bonds is 7. The predicted molar refractivity (Wildman–Crippen MR) is 134 cm³/mol. The number of fused-ring (bicyclic) bond motifs is 2. The van der Waals surface area contributed by atoms with Crippen molar-refractivity contribution in [2.24, 2.45) is 11.8 Å². The predicted octanol–water partition coefficient (Wildman–Crippen LogP) is 3.74. The molecule has 4 aliphatic rings. The van der Waals surface area contributed by atoms with Crippen LogP contribution in [0.15, 0.2) is 30.3 Å². The minimum atomic E-state index is 0.398. The maximum atomic E-state index is 12.9. The van der Waals surface area contributed by atoms with Gasteiger partial charge in [0.2, 0.25) is 5.91 Å². The molecule has 0 aliphatic carbocycles. The van der Waals surface area contributed by atoms with Gasteiger partial charge in [0.25, 0.3) is 0 Å². The Morgan fingerprint density at radius 1 is 0.970 bits per heavy atom. The van der Waals surface area contributed by atoms with Gasteiger partial charge >= 0.3 is 0 Å². The van der Waals surface area contributed by atoms with Crippen LogP contribution in [0.4, 0.5) is 0 Å². The Labute approximate surface area is 200 Å². The fourth-order valence-electron chi connectivity index (χ4n) is 6.98. The highest BCUT2D eigenvalue weighted by Crippen LogP contribution is 2.31. The maximum Gasteiger partial charge on any atom is 0.222 e. The highest BCUT2D eigenvalue weighted by molar-refractivity contribution is 5.76. The third kappa shape index (κ3) is 6.17. The monoisotopic (exact) mass is 452 g/mol. The molecule has 182 valence electrons. The lowest BCUT2D eigenvalue weighted by molar-refractivity contribution is -0.133. The summed E-state index contributed by atoms with van der Waals surface area (Å²) in [6, 6.07) is 12.2. The van der Waals surface area contributed by atoms with Crippen molar-refractivity contribution in [3.05, 3.63) is 35.9 Å². The first-order chi connectivity index (χ1) is 16.2. The Kier molecular flexibility index (Phi) is 8.01. The summed E-state index contributed by atoms with van der Waals surface area (Å²) in [7, 11) is 0. The normalized spacial score (nSPS) is 29.8. The Balaban J connectivity index is 1.03. The first-order valence-electron chi connectivity index (χ1n) is 13.8. The lowest BCUT2D eigenvalue weighted by Gasteiger charge is -2.46. The SMILES string of the molecule is O=C(CCC[C@H]1NC[C@@H]2CC1CN(Cc1ccccc1)C2)N1CCC(N2CCCCC2)CC1. The molecule has 1 amide bonds. The van der Waals surface area contributed by atoms with Crippen LogP contribution in [0.5, 0.6) is 0 Å². The summed E-state index contributed by atoms with van der Waals surface area (Å²) in [5, 5.41) is 3.84. The molecule has 5 nitrogen and oxygen atoms in total. The van der Waals surface area contributed by atoms with Gasteiger partial charge < -0.3 is 15.1 Å². The van der Waals surface area contributed by atoms with E-state index in [2.05, 4.69) is 50.3 Å². The smallest absolute Gasteiger partial charge is 0.222 e.